The Kier molecular flexibility index (Phi) is 4.04. The van der Waals surface area contributed by atoms with Gasteiger partial charge in [-0.05, 0) is 25.0 Å². The highest BCUT2D eigenvalue weighted by Crippen LogP contribution is 2.25. The van der Waals surface area contributed by atoms with Crippen LogP contribution in [0.2, 0.25) is 0 Å². The fourth-order valence-corrected chi connectivity index (χ4v) is 2.38. The van der Waals surface area contributed by atoms with E-state index < -0.39 is 4.92 Å². The molecule has 1 aliphatic carbocycles. The van der Waals surface area contributed by atoms with Crippen LogP contribution < -0.4 is 0 Å². The normalized spacial score (nSPS) is 19.2. The van der Waals surface area contributed by atoms with Gasteiger partial charge in [-0.25, -0.2) is 0 Å². The Morgan fingerprint density at radius 3 is 2.53 bits per heavy atom. The molecule has 0 radical (unpaired) electrons. The maximum absolute atomic E-state index is 12.0. The highest BCUT2D eigenvalue weighted by atomic mass is 16.6. The average molecular weight is 261 g/mol. The summed E-state index contributed by atoms with van der Waals surface area (Å²) in [6.45, 7) is 0. The van der Waals surface area contributed by atoms with Gasteiger partial charge in [-0.15, -0.1) is 0 Å². The molecule has 0 unspecified atom stereocenters. The van der Waals surface area contributed by atoms with Crippen molar-refractivity contribution < 1.29 is 14.5 Å². The zero-order valence-corrected chi connectivity index (χ0v) is 10.5. The highest BCUT2D eigenvalue weighted by molar-refractivity contribution is 5.99. The van der Waals surface area contributed by atoms with E-state index in [1.807, 2.05) is 0 Å². The summed E-state index contributed by atoms with van der Waals surface area (Å²) in [6, 6.07) is 5.54. The minimum absolute atomic E-state index is 0.0368. The van der Waals surface area contributed by atoms with Crippen molar-refractivity contribution in [2.75, 3.05) is 0 Å². The van der Waals surface area contributed by atoms with Gasteiger partial charge in [0, 0.05) is 36.5 Å². The fourth-order valence-electron chi connectivity index (χ4n) is 2.38. The monoisotopic (exact) mass is 261 g/mol. The minimum Gasteiger partial charge on any atom is -0.299 e. The van der Waals surface area contributed by atoms with Crippen LogP contribution in [-0.2, 0) is 4.79 Å². The molecule has 1 aromatic rings. The van der Waals surface area contributed by atoms with E-state index >= 15 is 0 Å². The van der Waals surface area contributed by atoms with Gasteiger partial charge >= 0.3 is 0 Å². The molecule has 0 heterocycles. The molecule has 0 bridgehead atoms. The van der Waals surface area contributed by atoms with Crippen LogP contribution in [0.15, 0.2) is 24.3 Å². The summed E-state index contributed by atoms with van der Waals surface area (Å²) in [4.78, 5) is 33.7. The van der Waals surface area contributed by atoms with Crippen LogP contribution in [0.3, 0.4) is 0 Å². The number of hydrogen-bond donors (Lipinski definition) is 0. The van der Waals surface area contributed by atoms with Crippen molar-refractivity contribution in [3.05, 3.63) is 39.9 Å². The van der Waals surface area contributed by atoms with E-state index in [0.717, 1.165) is 19.3 Å². The van der Waals surface area contributed by atoms with Gasteiger partial charge in [-0.1, -0.05) is 6.42 Å². The molecule has 0 spiro atoms. The van der Waals surface area contributed by atoms with Crippen molar-refractivity contribution in [1.82, 2.24) is 0 Å². The number of carbonyl (C=O) groups is 2. The predicted octanol–water partition coefficient (Wildman–Crippen LogP) is 2.93. The summed E-state index contributed by atoms with van der Waals surface area (Å²) in [5.74, 6) is -0.117. The van der Waals surface area contributed by atoms with Gasteiger partial charge in [0.15, 0.2) is 5.78 Å². The van der Waals surface area contributed by atoms with E-state index in [1.54, 1.807) is 0 Å². The Morgan fingerprint density at radius 2 is 1.95 bits per heavy atom. The van der Waals surface area contributed by atoms with Gasteiger partial charge in [-0.3, -0.25) is 19.7 Å². The fraction of sp³-hybridized carbons (Fsp3) is 0.429. The molecule has 19 heavy (non-hydrogen) atoms. The third kappa shape index (κ3) is 3.24. The first-order valence-corrected chi connectivity index (χ1v) is 6.38. The molecule has 0 amide bonds. The third-order valence-electron chi connectivity index (χ3n) is 3.51. The molecule has 1 atom stereocenters. The first-order chi connectivity index (χ1) is 9.08. The molecule has 1 aromatic carbocycles. The molecule has 2 rings (SSSR count). The van der Waals surface area contributed by atoms with Crippen LogP contribution >= 0.6 is 0 Å². The van der Waals surface area contributed by atoms with Gasteiger partial charge in [0.2, 0.25) is 0 Å². The summed E-state index contributed by atoms with van der Waals surface area (Å²) >= 11 is 0. The Morgan fingerprint density at radius 1 is 1.26 bits per heavy atom. The molecule has 1 aliphatic rings. The van der Waals surface area contributed by atoms with E-state index in [4.69, 9.17) is 0 Å². The number of nitro benzene ring substituents is 1. The Labute approximate surface area is 110 Å². The first kappa shape index (κ1) is 13.4. The molecule has 1 fully saturated rings. The topological polar surface area (TPSA) is 77.3 Å². The lowest BCUT2D eigenvalue weighted by Gasteiger charge is -2.19. The van der Waals surface area contributed by atoms with Crippen molar-refractivity contribution in [3.63, 3.8) is 0 Å². The second-order valence-electron chi connectivity index (χ2n) is 4.84. The van der Waals surface area contributed by atoms with Crippen molar-refractivity contribution in [2.24, 2.45) is 5.92 Å². The number of non-ortho nitro benzene ring substituents is 1. The molecule has 100 valence electrons. The molecular weight excluding hydrogens is 246 g/mol. The van der Waals surface area contributed by atoms with Crippen molar-refractivity contribution in [2.45, 2.75) is 32.1 Å². The van der Waals surface area contributed by atoms with Gasteiger partial charge in [0.25, 0.3) is 5.69 Å². The molecule has 0 N–H and O–H groups in total. The van der Waals surface area contributed by atoms with E-state index in [0.29, 0.717) is 12.0 Å². The van der Waals surface area contributed by atoms with Crippen molar-refractivity contribution in [3.8, 4) is 0 Å². The van der Waals surface area contributed by atoms with Crippen LogP contribution in [0.25, 0.3) is 0 Å². The summed E-state index contributed by atoms with van der Waals surface area (Å²) in [7, 11) is 0. The molecule has 0 aliphatic heterocycles. The summed E-state index contributed by atoms with van der Waals surface area (Å²) in [5, 5.41) is 10.5. The summed E-state index contributed by atoms with van der Waals surface area (Å²) < 4.78 is 0. The third-order valence-corrected chi connectivity index (χ3v) is 3.51. The highest BCUT2D eigenvalue weighted by Gasteiger charge is 2.25. The number of carbonyl (C=O) groups excluding carboxylic acids is 2. The molecule has 1 saturated carbocycles. The van der Waals surface area contributed by atoms with Crippen LogP contribution in [0.1, 0.15) is 42.5 Å². The maximum atomic E-state index is 12.0. The minimum atomic E-state index is -0.501. The summed E-state index contributed by atoms with van der Waals surface area (Å²) in [5.41, 5.74) is 0.397. The lowest BCUT2D eigenvalue weighted by atomic mass is 9.83. The maximum Gasteiger partial charge on any atom is 0.269 e. The van der Waals surface area contributed by atoms with Gasteiger partial charge in [-0.2, -0.15) is 0 Å². The number of nitrogens with zero attached hydrogens (tertiary/aromatic N) is 1. The Balaban J connectivity index is 2.03. The van der Waals surface area contributed by atoms with Crippen molar-refractivity contribution in [1.29, 1.82) is 0 Å². The quantitative estimate of drug-likeness (QED) is 0.474. The molecule has 5 nitrogen and oxygen atoms in total. The van der Waals surface area contributed by atoms with E-state index in [9.17, 15) is 19.7 Å². The van der Waals surface area contributed by atoms with Crippen LogP contribution in [0.4, 0.5) is 5.69 Å². The van der Waals surface area contributed by atoms with Gasteiger partial charge in [0.05, 0.1) is 4.92 Å². The zero-order chi connectivity index (χ0) is 13.8. The average Bonchev–Trinajstić information content (AvgIpc) is 2.41. The lowest BCUT2D eigenvalue weighted by molar-refractivity contribution is -0.384. The van der Waals surface area contributed by atoms with E-state index in [2.05, 4.69) is 0 Å². The largest absolute Gasteiger partial charge is 0.299 e. The van der Waals surface area contributed by atoms with Crippen LogP contribution in [0, 0.1) is 16.0 Å². The SMILES string of the molecule is O=C(C[C@H]1CCCCC1=O)c1ccc([N+](=O)[O-])cc1. The van der Waals surface area contributed by atoms with Crippen LogP contribution in [0.5, 0.6) is 0 Å². The smallest absolute Gasteiger partial charge is 0.269 e. The number of ketones is 2. The zero-order valence-electron chi connectivity index (χ0n) is 10.5. The number of hydrogen-bond acceptors (Lipinski definition) is 4. The second kappa shape index (κ2) is 5.73. The molecular formula is C14H15NO4. The molecule has 0 saturated heterocycles. The van der Waals surface area contributed by atoms with E-state index in [1.165, 1.54) is 24.3 Å². The molecule has 5 heteroatoms. The Hall–Kier alpha value is -2.04. The van der Waals surface area contributed by atoms with E-state index in [-0.39, 0.29) is 29.6 Å². The molecule has 0 aromatic heterocycles. The predicted molar refractivity (Wildman–Crippen MR) is 69.0 cm³/mol. The number of benzene rings is 1. The number of nitro groups is 1. The van der Waals surface area contributed by atoms with Crippen molar-refractivity contribution >= 4 is 17.3 Å². The van der Waals surface area contributed by atoms with Crippen LogP contribution in [-0.4, -0.2) is 16.5 Å². The first-order valence-electron chi connectivity index (χ1n) is 6.38. The standard InChI is InChI=1S/C14H15NO4/c16-13-4-2-1-3-11(13)9-14(17)10-5-7-12(8-6-10)15(18)19/h5-8,11H,1-4,9H2/t11-/m1/s1. The summed E-state index contributed by atoms with van der Waals surface area (Å²) in [6.07, 6.45) is 3.47. The second-order valence-corrected chi connectivity index (χ2v) is 4.84. The lowest BCUT2D eigenvalue weighted by Crippen LogP contribution is -2.22. The number of rotatable bonds is 4. The van der Waals surface area contributed by atoms with Gasteiger partial charge in [0.1, 0.15) is 5.78 Å². The van der Waals surface area contributed by atoms with Gasteiger partial charge < -0.3 is 0 Å². The Bertz CT molecular complexity index is 507. The number of Topliss-reactive ketones (excluding diaryl/α,β-unsaturated/α-hetero) is 2.